The molecule has 2 atom stereocenters. The molecule has 108 valence electrons. The van der Waals surface area contributed by atoms with Crippen molar-refractivity contribution in [2.75, 3.05) is 19.5 Å². The van der Waals surface area contributed by atoms with E-state index in [9.17, 15) is 8.42 Å². The minimum Gasteiger partial charge on any atom is -0.495 e. The molecule has 4 N–H and O–H groups in total. The highest BCUT2D eigenvalue weighted by atomic mass is 32.2. The van der Waals surface area contributed by atoms with Crippen LogP contribution in [-0.2, 0) is 10.0 Å². The van der Waals surface area contributed by atoms with Gasteiger partial charge in [0.25, 0.3) is 0 Å². The van der Waals surface area contributed by atoms with Crippen molar-refractivity contribution in [2.24, 2.45) is 5.92 Å². The standard InChI is InChI=1S/C12H20N2O4S/c1-8(7-15)9(2)14-19(16,17)10-4-5-12(18-3)11(13)6-10/h4-6,8-9,14-15H,7,13H2,1-3H3. The molecule has 7 heteroatoms. The number of hydrogen-bond donors (Lipinski definition) is 3. The fourth-order valence-electron chi connectivity index (χ4n) is 1.47. The summed E-state index contributed by atoms with van der Waals surface area (Å²) in [6.07, 6.45) is 0. The highest BCUT2D eigenvalue weighted by Crippen LogP contribution is 2.24. The van der Waals surface area contributed by atoms with E-state index in [1.54, 1.807) is 13.8 Å². The van der Waals surface area contributed by atoms with E-state index < -0.39 is 10.0 Å². The minimum absolute atomic E-state index is 0.0720. The molecule has 0 bridgehead atoms. The maximum absolute atomic E-state index is 12.1. The van der Waals surface area contributed by atoms with Gasteiger partial charge in [-0.1, -0.05) is 6.92 Å². The number of benzene rings is 1. The average molecular weight is 288 g/mol. The van der Waals surface area contributed by atoms with Crippen molar-refractivity contribution in [3.05, 3.63) is 18.2 Å². The summed E-state index contributed by atoms with van der Waals surface area (Å²) in [6.45, 7) is 3.37. The van der Waals surface area contributed by atoms with Gasteiger partial charge in [-0.05, 0) is 31.0 Å². The number of aliphatic hydroxyl groups is 1. The van der Waals surface area contributed by atoms with Crippen molar-refractivity contribution in [3.63, 3.8) is 0 Å². The quantitative estimate of drug-likeness (QED) is 0.664. The van der Waals surface area contributed by atoms with Gasteiger partial charge in [0.15, 0.2) is 0 Å². The zero-order valence-corrected chi connectivity index (χ0v) is 12.1. The van der Waals surface area contributed by atoms with Gasteiger partial charge >= 0.3 is 0 Å². The van der Waals surface area contributed by atoms with Crippen molar-refractivity contribution in [1.82, 2.24) is 4.72 Å². The van der Waals surface area contributed by atoms with Crippen LogP contribution in [0.15, 0.2) is 23.1 Å². The van der Waals surface area contributed by atoms with E-state index in [2.05, 4.69) is 4.72 Å². The zero-order valence-electron chi connectivity index (χ0n) is 11.3. The first-order valence-corrected chi connectivity index (χ1v) is 7.37. The van der Waals surface area contributed by atoms with Crippen LogP contribution in [0.1, 0.15) is 13.8 Å². The van der Waals surface area contributed by atoms with Gasteiger partial charge in [-0.15, -0.1) is 0 Å². The molecule has 0 aliphatic heterocycles. The highest BCUT2D eigenvalue weighted by Gasteiger charge is 2.21. The Balaban J connectivity index is 2.98. The summed E-state index contributed by atoms with van der Waals surface area (Å²) >= 11 is 0. The van der Waals surface area contributed by atoms with Crippen LogP contribution in [-0.4, -0.2) is 33.3 Å². The summed E-state index contributed by atoms with van der Waals surface area (Å²) in [7, 11) is -2.20. The van der Waals surface area contributed by atoms with Crippen molar-refractivity contribution in [3.8, 4) is 5.75 Å². The molecule has 1 rings (SSSR count). The van der Waals surface area contributed by atoms with Gasteiger partial charge in [-0.25, -0.2) is 13.1 Å². The van der Waals surface area contributed by atoms with E-state index in [1.807, 2.05) is 0 Å². The second-order valence-electron chi connectivity index (χ2n) is 4.47. The molecule has 0 radical (unpaired) electrons. The Hall–Kier alpha value is -1.31. The number of rotatable bonds is 6. The molecule has 1 aromatic rings. The first kappa shape index (κ1) is 15.7. The van der Waals surface area contributed by atoms with Crippen LogP contribution in [0.3, 0.4) is 0 Å². The van der Waals surface area contributed by atoms with Gasteiger partial charge in [0.05, 0.1) is 17.7 Å². The third-order valence-electron chi connectivity index (χ3n) is 2.99. The average Bonchev–Trinajstić information content (AvgIpc) is 2.37. The van der Waals surface area contributed by atoms with Crippen LogP contribution >= 0.6 is 0 Å². The fraction of sp³-hybridized carbons (Fsp3) is 0.500. The molecule has 19 heavy (non-hydrogen) atoms. The molecule has 6 nitrogen and oxygen atoms in total. The van der Waals surface area contributed by atoms with E-state index in [0.717, 1.165) is 0 Å². The highest BCUT2D eigenvalue weighted by molar-refractivity contribution is 7.89. The molecular weight excluding hydrogens is 268 g/mol. The summed E-state index contributed by atoms with van der Waals surface area (Å²) in [5.74, 6) is 0.251. The van der Waals surface area contributed by atoms with Crippen LogP contribution < -0.4 is 15.2 Å². The van der Waals surface area contributed by atoms with E-state index in [1.165, 1.54) is 25.3 Å². The molecule has 0 amide bonds. The van der Waals surface area contributed by atoms with E-state index in [-0.39, 0.29) is 29.1 Å². The number of nitrogen functional groups attached to an aromatic ring is 1. The van der Waals surface area contributed by atoms with Crippen molar-refractivity contribution < 1.29 is 18.3 Å². The lowest BCUT2D eigenvalue weighted by molar-refractivity contribution is 0.216. The topological polar surface area (TPSA) is 102 Å². The molecule has 0 aliphatic carbocycles. The lowest BCUT2D eigenvalue weighted by atomic mass is 10.1. The molecule has 2 unspecified atom stereocenters. The van der Waals surface area contributed by atoms with Crippen molar-refractivity contribution >= 4 is 15.7 Å². The maximum atomic E-state index is 12.1. The predicted octanol–water partition coefficient (Wildman–Crippen LogP) is 0.573. The minimum atomic E-state index is -3.66. The Morgan fingerprint density at radius 2 is 2.05 bits per heavy atom. The number of sulfonamides is 1. The Labute approximate surface area is 113 Å². The number of nitrogens with one attached hydrogen (secondary N) is 1. The largest absolute Gasteiger partial charge is 0.495 e. The lowest BCUT2D eigenvalue weighted by Crippen LogP contribution is -2.38. The number of methoxy groups -OCH3 is 1. The molecule has 0 aromatic heterocycles. The molecule has 0 saturated heterocycles. The molecule has 0 spiro atoms. The van der Waals surface area contributed by atoms with Gasteiger partial charge in [0.2, 0.25) is 10.0 Å². The number of nitrogens with two attached hydrogens (primary N) is 1. The number of hydrogen-bond acceptors (Lipinski definition) is 5. The zero-order chi connectivity index (χ0) is 14.6. The number of anilines is 1. The van der Waals surface area contributed by atoms with Crippen LogP contribution in [0.2, 0.25) is 0 Å². The van der Waals surface area contributed by atoms with Gasteiger partial charge in [-0.2, -0.15) is 0 Å². The first-order valence-electron chi connectivity index (χ1n) is 5.88. The summed E-state index contributed by atoms with van der Waals surface area (Å²) in [6, 6.07) is 3.90. The molecule has 1 aromatic carbocycles. The van der Waals surface area contributed by atoms with Crippen LogP contribution in [0.25, 0.3) is 0 Å². The smallest absolute Gasteiger partial charge is 0.240 e. The fourth-order valence-corrected chi connectivity index (χ4v) is 2.85. The third-order valence-corrected chi connectivity index (χ3v) is 4.55. The third kappa shape index (κ3) is 3.82. The lowest BCUT2D eigenvalue weighted by Gasteiger charge is -2.19. The van der Waals surface area contributed by atoms with Crippen LogP contribution in [0, 0.1) is 5.92 Å². The normalized spacial score (nSPS) is 14.9. The van der Waals surface area contributed by atoms with E-state index in [0.29, 0.717) is 5.75 Å². The van der Waals surface area contributed by atoms with Gasteiger partial charge < -0.3 is 15.6 Å². The Morgan fingerprint density at radius 3 is 2.53 bits per heavy atom. The number of aliphatic hydroxyl groups excluding tert-OH is 1. The monoisotopic (exact) mass is 288 g/mol. The van der Waals surface area contributed by atoms with E-state index in [4.69, 9.17) is 15.6 Å². The molecule has 0 aliphatic rings. The van der Waals surface area contributed by atoms with E-state index >= 15 is 0 Å². The van der Waals surface area contributed by atoms with Crippen molar-refractivity contribution in [1.29, 1.82) is 0 Å². The second kappa shape index (κ2) is 6.23. The predicted molar refractivity (Wildman–Crippen MR) is 73.4 cm³/mol. The van der Waals surface area contributed by atoms with Crippen molar-refractivity contribution in [2.45, 2.75) is 24.8 Å². The summed E-state index contributed by atoms with van der Waals surface area (Å²) in [5, 5.41) is 9.01. The Bertz CT molecular complexity index is 531. The summed E-state index contributed by atoms with van der Waals surface area (Å²) in [4.78, 5) is 0.0720. The Morgan fingerprint density at radius 1 is 1.42 bits per heavy atom. The molecule has 0 fully saturated rings. The Kier molecular flexibility index (Phi) is 5.16. The second-order valence-corrected chi connectivity index (χ2v) is 6.19. The number of ether oxygens (including phenoxy) is 1. The van der Waals surface area contributed by atoms with Gasteiger partial charge in [0.1, 0.15) is 5.75 Å². The van der Waals surface area contributed by atoms with Gasteiger partial charge in [-0.3, -0.25) is 0 Å². The first-order chi connectivity index (χ1) is 8.81. The summed E-state index contributed by atoms with van der Waals surface area (Å²) < 4.78 is 31.7. The van der Waals surface area contributed by atoms with Crippen LogP contribution in [0.4, 0.5) is 5.69 Å². The molecule has 0 saturated carbocycles. The molecular formula is C12H20N2O4S. The maximum Gasteiger partial charge on any atom is 0.240 e. The van der Waals surface area contributed by atoms with Crippen LogP contribution in [0.5, 0.6) is 5.75 Å². The molecule has 0 heterocycles. The summed E-state index contributed by atoms with van der Waals surface area (Å²) in [5.41, 5.74) is 5.95. The van der Waals surface area contributed by atoms with Gasteiger partial charge in [0, 0.05) is 12.6 Å². The SMILES string of the molecule is COc1ccc(S(=O)(=O)NC(C)C(C)CO)cc1N.